The van der Waals surface area contributed by atoms with E-state index in [1.54, 1.807) is 36.4 Å². The van der Waals surface area contributed by atoms with Crippen molar-refractivity contribution in [3.63, 3.8) is 0 Å². The number of urea groups is 1. The minimum atomic E-state index is -4.18. The number of methoxy groups -OCH3 is 1. The topological polar surface area (TPSA) is 119 Å². The van der Waals surface area contributed by atoms with Gasteiger partial charge in [0.05, 0.1) is 17.3 Å². The van der Waals surface area contributed by atoms with Crippen LogP contribution in [0.4, 0.5) is 10.5 Å². The quantitative estimate of drug-likeness (QED) is 0.236. The highest BCUT2D eigenvalue weighted by Gasteiger charge is 2.37. The molecular formula is C27H23BrN2O7S. The number of para-hydroxylation sites is 1. The van der Waals surface area contributed by atoms with Gasteiger partial charge in [-0.3, -0.25) is 14.9 Å². The van der Waals surface area contributed by atoms with Crippen LogP contribution in [0.1, 0.15) is 23.6 Å². The lowest BCUT2D eigenvalue weighted by Gasteiger charge is -2.28. The zero-order valence-corrected chi connectivity index (χ0v) is 23.1. The molecule has 3 aromatic rings. The fourth-order valence-corrected chi connectivity index (χ4v) is 5.44. The molecular weight excluding hydrogens is 576 g/mol. The fourth-order valence-electron chi connectivity index (χ4n) is 3.84. The van der Waals surface area contributed by atoms with Crippen LogP contribution in [0.15, 0.2) is 75.6 Å². The maximum atomic E-state index is 13.3. The number of hydrogen-bond donors (Lipinski definition) is 1. The van der Waals surface area contributed by atoms with Crippen LogP contribution >= 0.6 is 15.9 Å². The molecule has 0 unspecified atom stereocenters. The summed E-state index contributed by atoms with van der Waals surface area (Å²) in [6.07, 6.45) is 1.86. The normalized spacial score (nSPS) is 15.0. The summed E-state index contributed by atoms with van der Waals surface area (Å²) in [5.41, 5.74) is 2.06. The summed E-state index contributed by atoms with van der Waals surface area (Å²) in [4.78, 5) is 39.4. The molecule has 1 aliphatic rings. The molecule has 3 aromatic carbocycles. The van der Waals surface area contributed by atoms with Crippen LogP contribution in [0.5, 0.6) is 11.5 Å². The lowest BCUT2D eigenvalue weighted by molar-refractivity contribution is -0.122. The van der Waals surface area contributed by atoms with Gasteiger partial charge in [-0.2, -0.15) is 8.42 Å². The maximum absolute atomic E-state index is 13.3. The SMILES string of the molecule is CCc1ccccc1N1C(=O)NC(=O)/C(=C/c2cc(Br)c(OS(=O)(=O)c3ccc(C)cc3)c(OC)c2)C1=O. The Balaban J connectivity index is 1.71. The number of nitrogens with one attached hydrogen (secondary N) is 1. The minimum absolute atomic E-state index is 0.0369. The highest BCUT2D eigenvalue weighted by Crippen LogP contribution is 2.39. The highest BCUT2D eigenvalue weighted by atomic mass is 79.9. The van der Waals surface area contributed by atoms with Gasteiger partial charge in [-0.05, 0) is 76.8 Å². The van der Waals surface area contributed by atoms with E-state index in [1.807, 2.05) is 13.8 Å². The molecule has 0 spiro atoms. The molecule has 0 radical (unpaired) electrons. The number of carbonyl (C=O) groups excluding carboxylic acids is 3. The number of imide groups is 2. The van der Waals surface area contributed by atoms with Gasteiger partial charge in [0.15, 0.2) is 11.5 Å². The van der Waals surface area contributed by atoms with Crippen LogP contribution in [0, 0.1) is 6.92 Å². The Kier molecular flexibility index (Phi) is 7.70. The summed E-state index contributed by atoms with van der Waals surface area (Å²) in [6.45, 7) is 3.72. The molecule has 0 aliphatic carbocycles. The van der Waals surface area contributed by atoms with Crippen molar-refractivity contribution in [3.05, 3.63) is 87.4 Å². The van der Waals surface area contributed by atoms with Crippen molar-refractivity contribution in [1.29, 1.82) is 0 Å². The molecule has 1 heterocycles. The molecule has 1 saturated heterocycles. The predicted molar refractivity (Wildman–Crippen MR) is 145 cm³/mol. The standard InChI is InChI=1S/C27H23BrN2O7S/c1-4-18-7-5-6-8-22(18)30-26(32)20(25(31)29-27(30)33)13-17-14-21(28)24(23(15-17)36-3)37-38(34,35)19-11-9-16(2)10-12-19/h5-15H,4H2,1-3H3,(H,29,31,33)/b20-13-. The van der Waals surface area contributed by atoms with Crippen molar-refractivity contribution in [3.8, 4) is 11.5 Å². The van der Waals surface area contributed by atoms with Crippen molar-refractivity contribution in [2.24, 2.45) is 0 Å². The van der Waals surface area contributed by atoms with Crippen molar-refractivity contribution in [2.75, 3.05) is 12.0 Å². The van der Waals surface area contributed by atoms with E-state index >= 15 is 0 Å². The van der Waals surface area contributed by atoms with Crippen LogP contribution in [0.25, 0.3) is 6.08 Å². The second kappa shape index (κ2) is 10.8. The average molecular weight is 599 g/mol. The van der Waals surface area contributed by atoms with E-state index in [0.717, 1.165) is 16.0 Å². The molecule has 1 fully saturated rings. The average Bonchev–Trinajstić information content (AvgIpc) is 2.88. The van der Waals surface area contributed by atoms with E-state index in [2.05, 4.69) is 21.2 Å². The van der Waals surface area contributed by atoms with Crippen molar-refractivity contribution < 1.29 is 31.7 Å². The zero-order chi connectivity index (χ0) is 27.6. The van der Waals surface area contributed by atoms with Crippen LogP contribution in [0.3, 0.4) is 0 Å². The smallest absolute Gasteiger partial charge is 0.339 e. The molecule has 1 N–H and O–H groups in total. The van der Waals surface area contributed by atoms with Gasteiger partial charge in [0.2, 0.25) is 0 Å². The molecule has 4 amide bonds. The van der Waals surface area contributed by atoms with E-state index in [0.29, 0.717) is 17.7 Å². The summed E-state index contributed by atoms with van der Waals surface area (Å²) in [5.74, 6) is -1.72. The zero-order valence-electron chi connectivity index (χ0n) is 20.6. The highest BCUT2D eigenvalue weighted by molar-refractivity contribution is 9.10. The third kappa shape index (κ3) is 5.34. The molecule has 11 heteroatoms. The van der Waals surface area contributed by atoms with Crippen LogP contribution in [-0.4, -0.2) is 33.4 Å². The third-order valence-corrected chi connectivity index (χ3v) is 7.61. The second-order valence-corrected chi connectivity index (χ2v) is 10.7. The van der Waals surface area contributed by atoms with Crippen molar-refractivity contribution in [1.82, 2.24) is 5.32 Å². The number of amides is 4. The first-order valence-electron chi connectivity index (χ1n) is 11.4. The number of anilines is 1. The Bertz CT molecular complexity index is 1580. The summed E-state index contributed by atoms with van der Waals surface area (Å²) in [7, 11) is -2.86. The van der Waals surface area contributed by atoms with Crippen LogP contribution < -0.4 is 19.1 Å². The van der Waals surface area contributed by atoms with Gasteiger partial charge in [0.1, 0.15) is 10.5 Å². The largest absolute Gasteiger partial charge is 0.493 e. The number of rotatable bonds is 7. The van der Waals surface area contributed by atoms with E-state index in [1.165, 1.54) is 37.5 Å². The van der Waals surface area contributed by atoms with Gasteiger partial charge in [-0.25, -0.2) is 9.69 Å². The van der Waals surface area contributed by atoms with Crippen molar-refractivity contribution >= 4 is 55.7 Å². The van der Waals surface area contributed by atoms with Gasteiger partial charge in [-0.1, -0.05) is 42.8 Å². The number of halogens is 1. The molecule has 196 valence electrons. The van der Waals surface area contributed by atoms with Gasteiger partial charge in [0, 0.05) is 0 Å². The summed E-state index contributed by atoms with van der Waals surface area (Å²) in [6, 6.07) is 15.1. The molecule has 9 nitrogen and oxygen atoms in total. The summed E-state index contributed by atoms with van der Waals surface area (Å²) in [5, 5.41) is 2.20. The number of nitrogens with zero attached hydrogens (tertiary/aromatic N) is 1. The van der Waals surface area contributed by atoms with E-state index in [9.17, 15) is 22.8 Å². The molecule has 0 bridgehead atoms. The number of aryl methyl sites for hydroxylation is 2. The number of ether oxygens (including phenoxy) is 1. The van der Waals surface area contributed by atoms with E-state index in [4.69, 9.17) is 8.92 Å². The summed E-state index contributed by atoms with van der Waals surface area (Å²) >= 11 is 3.30. The first kappa shape index (κ1) is 27.1. The maximum Gasteiger partial charge on any atom is 0.339 e. The minimum Gasteiger partial charge on any atom is -0.493 e. The Morgan fingerprint density at radius 3 is 2.37 bits per heavy atom. The molecule has 0 saturated carbocycles. The fraction of sp³-hybridized carbons (Fsp3) is 0.148. The van der Waals surface area contributed by atoms with Crippen LogP contribution in [0.2, 0.25) is 0 Å². The summed E-state index contributed by atoms with van der Waals surface area (Å²) < 4.78 is 36.6. The third-order valence-electron chi connectivity index (χ3n) is 5.78. The van der Waals surface area contributed by atoms with Gasteiger partial charge >= 0.3 is 16.1 Å². The van der Waals surface area contributed by atoms with Gasteiger partial charge < -0.3 is 8.92 Å². The Morgan fingerprint density at radius 2 is 1.71 bits per heavy atom. The van der Waals surface area contributed by atoms with E-state index < -0.39 is 28.0 Å². The second-order valence-electron chi connectivity index (χ2n) is 8.32. The lowest BCUT2D eigenvalue weighted by atomic mass is 10.0. The first-order chi connectivity index (χ1) is 18.1. The van der Waals surface area contributed by atoms with Crippen LogP contribution in [-0.2, 0) is 26.1 Å². The molecule has 0 atom stereocenters. The van der Waals surface area contributed by atoms with Gasteiger partial charge in [-0.15, -0.1) is 0 Å². The van der Waals surface area contributed by atoms with Crippen molar-refractivity contribution in [2.45, 2.75) is 25.2 Å². The van der Waals surface area contributed by atoms with E-state index in [-0.39, 0.29) is 26.4 Å². The Hall–Kier alpha value is -3.96. The first-order valence-corrected chi connectivity index (χ1v) is 13.6. The molecule has 4 rings (SSSR count). The number of hydrogen-bond acceptors (Lipinski definition) is 7. The Morgan fingerprint density at radius 1 is 1.03 bits per heavy atom. The monoisotopic (exact) mass is 598 g/mol. The number of barbiturate groups is 1. The Labute approximate surface area is 228 Å². The number of carbonyl (C=O) groups is 3. The lowest BCUT2D eigenvalue weighted by Crippen LogP contribution is -2.54. The molecule has 0 aromatic heterocycles. The molecule has 1 aliphatic heterocycles. The number of benzene rings is 3. The predicted octanol–water partition coefficient (Wildman–Crippen LogP) is 4.76. The molecule has 38 heavy (non-hydrogen) atoms. The van der Waals surface area contributed by atoms with Gasteiger partial charge in [0.25, 0.3) is 11.8 Å².